The highest BCUT2D eigenvalue weighted by Crippen LogP contribution is 2.00. The van der Waals surface area contributed by atoms with E-state index in [9.17, 15) is 14.7 Å². The van der Waals surface area contributed by atoms with Gasteiger partial charge in [0.25, 0.3) is 0 Å². The molecule has 0 saturated carbocycles. The van der Waals surface area contributed by atoms with E-state index in [1.54, 1.807) is 0 Å². The van der Waals surface area contributed by atoms with Crippen molar-refractivity contribution >= 4 is 12.0 Å². The number of rotatable bonds is 10. The molecule has 21 heavy (non-hydrogen) atoms. The molecule has 0 spiro atoms. The van der Waals surface area contributed by atoms with E-state index in [-0.39, 0.29) is 6.04 Å². The van der Waals surface area contributed by atoms with Gasteiger partial charge in [0, 0.05) is 6.04 Å². The van der Waals surface area contributed by atoms with Crippen LogP contribution in [0.25, 0.3) is 0 Å². The lowest BCUT2D eigenvalue weighted by Gasteiger charge is -2.21. The van der Waals surface area contributed by atoms with Gasteiger partial charge in [-0.15, -0.1) is 0 Å². The Morgan fingerprint density at radius 2 is 1.71 bits per heavy atom. The quantitative estimate of drug-likeness (QED) is 0.474. The van der Waals surface area contributed by atoms with Gasteiger partial charge in [-0.3, -0.25) is 0 Å². The lowest BCUT2D eigenvalue weighted by molar-refractivity contribution is -0.141. The predicted molar refractivity (Wildman–Crippen MR) is 81.3 cm³/mol. The topological polar surface area (TPSA) is 102 Å². The van der Waals surface area contributed by atoms with Crippen LogP contribution in [0.3, 0.4) is 0 Å². The van der Waals surface area contributed by atoms with E-state index in [1.165, 1.54) is 6.92 Å². The Bertz CT molecular complexity index is 319. The Balaban J connectivity index is 4.06. The molecule has 7 nitrogen and oxygen atoms in total. The van der Waals surface area contributed by atoms with E-state index in [4.69, 9.17) is 5.11 Å². The van der Waals surface area contributed by atoms with Gasteiger partial charge in [-0.1, -0.05) is 13.8 Å². The van der Waals surface area contributed by atoms with E-state index >= 15 is 0 Å². The fraction of sp³-hybridized carbons (Fsp3) is 0.857. The zero-order chi connectivity index (χ0) is 16.4. The first-order valence-corrected chi connectivity index (χ1v) is 7.52. The van der Waals surface area contributed by atoms with E-state index < -0.39 is 24.1 Å². The van der Waals surface area contributed by atoms with Gasteiger partial charge in [0.05, 0.1) is 6.10 Å². The molecule has 0 aromatic carbocycles. The second kappa shape index (κ2) is 10.4. The normalized spacial score (nSPS) is 15.3. The number of amides is 2. The number of nitrogens with zero attached hydrogens (tertiary/aromatic N) is 1. The highest BCUT2D eigenvalue weighted by molar-refractivity contribution is 5.83. The highest BCUT2D eigenvalue weighted by Gasteiger charge is 2.25. The van der Waals surface area contributed by atoms with Gasteiger partial charge in [-0.25, -0.2) is 9.59 Å². The summed E-state index contributed by atoms with van der Waals surface area (Å²) in [4.78, 5) is 24.8. The summed E-state index contributed by atoms with van der Waals surface area (Å²) >= 11 is 0. The largest absolute Gasteiger partial charge is 0.480 e. The third-order valence-corrected chi connectivity index (χ3v) is 3.42. The van der Waals surface area contributed by atoms with Crippen molar-refractivity contribution in [2.75, 3.05) is 19.6 Å². The van der Waals surface area contributed by atoms with Crippen molar-refractivity contribution in [1.82, 2.24) is 15.5 Å². The molecule has 2 amide bonds. The molecule has 0 saturated heterocycles. The standard InChI is InChI=1S/C14H29N3O4/c1-5-17(6-2)9-7-8-10(3)15-14(21)16-12(11(4)18)13(19)20/h10-12,18H,5-9H2,1-4H3,(H,19,20)(H2,15,16,21). The number of hydrogen-bond acceptors (Lipinski definition) is 4. The number of aliphatic carboxylic acids is 1. The Kier molecular flexibility index (Phi) is 9.73. The number of carboxylic acid groups (broad SMARTS) is 1. The van der Waals surface area contributed by atoms with Crippen molar-refractivity contribution in [3.63, 3.8) is 0 Å². The number of aliphatic hydroxyl groups excluding tert-OH is 1. The number of carboxylic acids is 1. The lowest BCUT2D eigenvalue weighted by atomic mass is 10.1. The number of aliphatic hydroxyl groups is 1. The van der Waals surface area contributed by atoms with E-state index in [2.05, 4.69) is 29.4 Å². The van der Waals surface area contributed by atoms with Crippen LogP contribution in [0.2, 0.25) is 0 Å². The zero-order valence-corrected chi connectivity index (χ0v) is 13.4. The Morgan fingerprint density at radius 1 is 1.14 bits per heavy atom. The summed E-state index contributed by atoms with van der Waals surface area (Å²) in [6.07, 6.45) is 0.629. The number of urea groups is 1. The SMILES string of the molecule is CCN(CC)CCCC(C)NC(=O)NC(C(=O)O)C(C)O. The maximum atomic E-state index is 11.7. The van der Waals surface area contributed by atoms with Gasteiger partial charge in [-0.2, -0.15) is 0 Å². The van der Waals surface area contributed by atoms with Crippen LogP contribution in [0.1, 0.15) is 40.5 Å². The second-order valence-corrected chi connectivity index (χ2v) is 5.24. The minimum absolute atomic E-state index is 0.0518. The van der Waals surface area contributed by atoms with Crippen LogP contribution in [0, 0.1) is 0 Å². The van der Waals surface area contributed by atoms with Gasteiger partial charge >= 0.3 is 12.0 Å². The van der Waals surface area contributed by atoms with Crippen LogP contribution in [0.4, 0.5) is 4.79 Å². The maximum absolute atomic E-state index is 11.7. The average molecular weight is 303 g/mol. The van der Waals surface area contributed by atoms with Gasteiger partial charge in [-0.05, 0) is 46.3 Å². The summed E-state index contributed by atoms with van der Waals surface area (Å²) in [6.45, 7) is 10.4. The molecule has 0 rings (SSSR count). The third-order valence-electron chi connectivity index (χ3n) is 3.42. The van der Waals surface area contributed by atoms with Crippen LogP contribution in [0.15, 0.2) is 0 Å². The first-order valence-electron chi connectivity index (χ1n) is 7.52. The van der Waals surface area contributed by atoms with E-state index in [0.29, 0.717) is 0 Å². The smallest absolute Gasteiger partial charge is 0.328 e. The fourth-order valence-electron chi connectivity index (χ4n) is 2.03. The van der Waals surface area contributed by atoms with Crippen molar-refractivity contribution in [1.29, 1.82) is 0 Å². The number of carbonyl (C=O) groups is 2. The molecule has 0 aromatic rings. The van der Waals surface area contributed by atoms with Gasteiger partial charge in [0.15, 0.2) is 6.04 Å². The molecule has 0 aromatic heterocycles. The molecule has 0 heterocycles. The molecule has 0 aliphatic carbocycles. The van der Waals surface area contributed by atoms with Crippen molar-refractivity contribution in [3.8, 4) is 0 Å². The zero-order valence-electron chi connectivity index (χ0n) is 13.4. The first-order chi connectivity index (χ1) is 9.81. The number of nitrogens with one attached hydrogen (secondary N) is 2. The molecule has 0 aliphatic heterocycles. The monoisotopic (exact) mass is 303 g/mol. The van der Waals surface area contributed by atoms with Crippen molar-refractivity contribution in [2.24, 2.45) is 0 Å². The molecule has 124 valence electrons. The lowest BCUT2D eigenvalue weighted by Crippen LogP contribution is -2.52. The minimum atomic E-state index is -1.30. The van der Waals surface area contributed by atoms with Crippen LogP contribution < -0.4 is 10.6 Å². The van der Waals surface area contributed by atoms with Crippen LogP contribution >= 0.6 is 0 Å². The summed E-state index contributed by atoms with van der Waals surface area (Å²) in [6, 6.07) is -1.92. The molecule has 4 N–H and O–H groups in total. The minimum Gasteiger partial charge on any atom is -0.480 e. The summed E-state index contributed by atoms with van der Waals surface area (Å²) < 4.78 is 0. The summed E-state index contributed by atoms with van der Waals surface area (Å²) in [7, 11) is 0. The van der Waals surface area contributed by atoms with Crippen molar-refractivity contribution in [2.45, 2.75) is 58.7 Å². The molecule has 0 aliphatic rings. The van der Waals surface area contributed by atoms with Gasteiger partial charge in [0.1, 0.15) is 0 Å². The Morgan fingerprint density at radius 3 is 2.14 bits per heavy atom. The average Bonchev–Trinajstić information content (AvgIpc) is 2.40. The summed E-state index contributed by atoms with van der Waals surface area (Å²) in [5.41, 5.74) is 0. The van der Waals surface area contributed by atoms with E-state index in [0.717, 1.165) is 32.5 Å². The molecule has 0 fully saturated rings. The van der Waals surface area contributed by atoms with Crippen LogP contribution in [-0.2, 0) is 4.79 Å². The summed E-state index contributed by atoms with van der Waals surface area (Å²) in [5, 5.41) is 23.1. The van der Waals surface area contributed by atoms with Gasteiger partial charge in [0.2, 0.25) is 0 Å². The molecule has 0 bridgehead atoms. The number of hydrogen-bond donors (Lipinski definition) is 4. The van der Waals surface area contributed by atoms with Crippen LogP contribution in [0.5, 0.6) is 0 Å². The van der Waals surface area contributed by atoms with Crippen molar-refractivity contribution < 1.29 is 19.8 Å². The third kappa shape index (κ3) is 8.52. The molecule has 3 unspecified atom stereocenters. The maximum Gasteiger partial charge on any atom is 0.328 e. The summed E-state index contributed by atoms with van der Waals surface area (Å²) in [5.74, 6) is -1.26. The van der Waals surface area contributed by atoms with Gasteiger partial charge < -0.3 is 25.7 Å². The Labute approximate surface area is 126 Å². The molecule has 7 heteroatoms. The van der Waals surface area contributed by atoms with Crippen LogP contribution in [-0.4, -0.2) is 64.9 Å². The van der Waals surface area contributed by atoms with Crippen molar-refractivity contribution in [3.05, 3.63) is 0 Å². The first kappa shape index (κ1) is 19.7. The number of carbonyl (C=O) groups excluding carboxylic acids is 1. The second-order valence-electron chi connectivity index (χ2n) is 5.24. The molecular formula is C14H29N3O4. The highest BCUT2D eigenvalue weighted by atomic mass is 16.4. The molecule has 3 atom stereocenters. The Hall–Kier alpha value is -1.34. The van der Waals surface area contributed by atoms with E-state index in [1.807, 2.05) is 6.92 Å². The fourth-order valence-corrected chi connectivity index (χ4v) is 2.03. The molecule has 0 radical (unpaired) electrons. The predicted octanol–water partition coefficient (Wildman–Crippen LogP) is 0.630. The molecular weight excluding hydrogens is 274 g/mol.